The van der Waals surface area contributed by atoms with Gasteiger partial charge in [-0.05, 0) is 38.0 Å². The number of nitrogens with two attached hydrogens (primary N) is 1. The van der Waals surface area contributed by atoms with Crippen LogP contribution in [0.5, 0.6) is 11.5 Å². The number of aryl methyl sites for hydroxylation is 1. The summed E-state index contributed by atoms with van der Waals surface area (Å²) >= 11 is 0. The zero-order chi connectivity index (χ0) is 20.8. The molecule has 152 valence electrons. The van der Waals surface area contributed by atoms with Crippen molar-refractivity contribution in [2.24, 2.45) is 5.73 Å². The van der Waals surface area contributed by atoms with Crippen LogP contribution in [0, 0.1) is 6.92 Å². The van der Waals surface area contributed by atoms with Crippen LogP contribution in [0.15, 0.2) is 45.7 Å². The van der Waals surface area contributed by atoms with Crippen molar-refractivity contribution in [1.29, 1.82) is 0 Å². The molecule has 0 unspecified atom stereocenters. The summed E-state index contributed by atoms with van der Waals surface area (Å²) in [5, 5.41) is -0.294. The number of carbonyl (C=O) groups excluding carboxylic acids is 1. The fourth-order valence-corrected chi connectivity index (χ4v) is 5.46. The molecule has 0 saturated heterocycles. The molecule has 3 aromatic rings. The Morgan fingerprint density at radius 2 is 1.90 bits per heavy atom. The van der Waals surface area contributed by atoms with Gasteiger partial charge in [-0.3, -0.25) is 4.79 Å². The van der Waals surface area contributed by atoms with E-state index in [2.05, 4.69) is 0 Å². The Morgan fingerprint density at radius 3 is 2.55 bits per heavy atom. The lowest BCUT2D eigenvalue weighted by molar-refractivity contribution is 0.1000. The third-order valence-corrected chi connectivity index (χ3v) is 7.34. The lowest BCUT2D eigenvalue weighted by Crippen LogP contribution is -2.15. The molecule has 0 atom stereocenters. The third kappa shape index (κ3) is 3.33. The number of ether oxygens (including phenoxy) is 2. The van der Waals surface area contributed by atoms with E-state index in [9.17, 15) is 13.2 Å². The first-order valence-electron chi connectivity index (χ1n) is 9.19. The van der Waals surface area contributed by atoms with E-state index < -0.39 is 21.0 Å². The highest BCUT2D eigenvalue weighted by molar-refractivity contribution is 7.92. The van der Waals surface area contributed by atoms with E-state index in [1.807, 2.05) is 18.2 Å². The van der Waals surface area contributed by atoms with Crippen molar-refractivity contribution in [2.45, 2.75) is 36.5 Å². The average Bonchev–Trinajstić information content (AvgIpc) is 3.49. The van der Waals surface area contributed by atoms with Gasteiger partial charge in [-0.1, -0.05) is 18.2 Å². The molecule has 29 heavy (non-hydrogen) atoms. The van der Waals surface area contributed by atoms with Crippen molar-refractivity contribution in [1.82, 2.24) is 0 Å². The second-order valence-corrected chi connectivity index (χ2v) is 9.17. The van der Waals surface area contributed by atoms with Gasteiger partial charge in [0, 0.05) is 5.56 Å². The highest BCUT2D eigenvalue weighted by atomic mass is 32.2. The monoisotopic (exact) mass is 415 g/mol. The van der Waals surface area contributed by atoms with Gasteiger partial charge >= 0.3 is 0 Å². The molecule has 1 heterocycles. The average molecular weight is 415 g/mol. The van der Waals surface area contributed by atoms with Gasteiger partial charge in [0.25, 0.3) is 5.91 Å². The molecule has 1 aliphatic rings. The second-order valence-electron chi connectivity index (χ2n) is 7.01. The SMILES string of the molecule is COc1ccccc1COc1ccc2oc(C)c(C(N)=O)c2c1S(=O)(=O)C1CC1. The van der Waals surface area contributed by atoms with Crippen LogP contribution in [0.1, 0.15) is 34.5 Å². The normalized spacial score (nSPS) is 14.1. The Labute approximate surface area is 168 Å². The van der Waals surface area contributed by atoms with Gasteiger partial charge in [-0.2, -0.15) is 0 Å². The quantitative estimate of drug-likeness (QED) is 0.634. The summed E-state index contributed by atoms with van der Waals surface area (Å²) in [6, 6.07) is 10.5. The summed E-state index contributed by atoms with van der Waals surface area (Å²) in [5.74, 6) is 0.341. The molecule has 1 fully saturated rings. The molecule has 7 nitrogen and oxygen atoms in total. The van der Waals surface area contributed by atoms with Crippen molar-refractivity contribution in [3.8, 4) is 11.5 Å². The van der Waals surface area contributed by atoms with Crippen molar-refractivity contribution in [3.63, 3.8) is 0 Å². The Bertz CT molecular complexity index is 1210. The molecule has 0 radical (unpaired) electrons. The van der Waals surface area contributed by atoms with E-state index in [4.69, 9.17) is 19.6 Å². The molecule has 8 heteroatoms. The highest BCUT2D eigenvalue weighted by Gasteiger charge is 2.41. The number of methoxy groups -OCH3 is 1. The Hall–Kier alpha value is -3.00. The Kier molecular flexibility index (Phi) is 4.74. The number of fused-ring (bicyclic) bond motifs is 1. The van der Waals surface area contributed by atoms with Gasteiger partial charge in [-0.25, -0.2) is 8.42 Å². The number of furan rings is 1. The number of carbonyl (C=O) groups is 1. The molecular formula is C21H21NO6S. The topological polar surface area (TPSA) is 109 Å². The van der Waals surface area contributed by atoms with Gasteiger partial charge in [0.15, 0.2) is 9.84 Å². The molecule has 2 N–H and O–H groups in total. The van der Waals surface area contributed by atoms with Gasteiger partial charge in [-0.15, -0.1) is 0 Å². The van der Waals surface area contributed by atoms with E-state index in [1.165, 1.54) is 0 Å². The number of primary amides is 1. The van der Waals surface area contributed by atoms with Crippen LogP contribution < -0.4 is 15.2 Å². The first kappa shape index (κ1) is 19.3. The minimum atomic E-state index is -3.71. The third-order valence-electron chi connectivity index (χ3n) is 5.02. The largest absolute Gasteiger partial charge is 0.496 e. The number of hydrogen-bond donors (Lipinski definition) is 1. The zero-order valence-electron chi connectivity index (χ0n) is 16.1. The number of amides is 1. The van der Waals surface area contributed by atoms with Gasteiger partial charge < -0.3 is 19.6 Å². The van der Waals surface area contributed by atoms with E-state index in [1.54, 1.807) is 32.2 Å². The molecule has 1 saturated carbocycles. The summed E-state index contributed by atoms with van der Waals surface area (Å²) < 4.78 is 43.4. The number of sulfone groups is 1. The summed E-state index contributed by atoms with van der Waals surface area (Å²) in [5.41, 5.74) is 6.66. The van der Waals surface area contributed by atoms with Crippen LogP contribution in [-0.2, 0) is 16.4 Å². The van der Waals surface area contributed by atoms with E-state index in [0.29, 0.717) is 24.2 Å². The molecule has 1 aromatic heterocycles. The molecule has 1 amide bonds. The van der Waals surface area contributed by atoms with Crippen LogP contribution in [0.3, 0.4) is 0 Å². The minimum Gasteiger partial charge on any atom is -0.496 e. The molecular weight excluding hydrogens is 394 g/mol. The van der Waals surface area contributed by atoms with Crippen LogP contribution in [0.4, 0.5) is 0 Å². The predicted octanol–water partition coefficient (Wildman–Crippen LogP) is 3.36. The Morgan fingerprint density at radius 1 is 1.17 bits per heavy atom. The standard InChI is InChI=1S/C21H21NO6S/c1-12-18(21(22)23)19-16(28-12)9-10-17(20(19)29(24,25)14-7-8-14)27-11-13-5-3-4-6-15(13)26-2/h3-6,9-10,14H,7-8,11H2,1-2H3,(H2,22,23). The molecule has 4 rings (SSSR count). The van der Waals surface area contributed by atoms with Gasteiger partial charge in [0.05, 0.1) is 23.3 Å². The lowest BCUT2D eigenvalue weighted by atomic mass is 10.1. The highest BCUT2D eigenvalue weighted by Crippen LogP contribution is 2.43. The van der Waals surface area contributed by atoms with Crippen molar-refractivity contribution < 1.29 is 27.1 Å². The smallest absolute Gasteiger partial charge is 0.252 e. The predicted molar refractivity (Wildman–Crippen MR) is 107 cm³/mol. The molecule has 1 aliphatic carbocycles. The van der Waals surface area contributed by atoms with Crippen molar-refractivity contribution >= 4 is 26.7 Å². The summed E-state index contributed by atoms with van der Waals surface area (Å²) in [6.07, 6.45) is 1.15. The van der Waals surface area contributed by atoms with Crippen LogP contribution in [0.25, 0.3) is 11.0 Å². The maximum Gasteiger partial charge on any atom is 0.252 e. The fourth-order valence-electron chi connectivity index (χ4n) is 3.47. The lowest BCUT2D eigenvalue weighted by Gasteiger charge is -2.15. The molecule has 0 aliphatic heterocycles. The number of hydrogen-bond acceptors (Lipinski definition) is 6. The van der Waals surface area contributed by atoms with Crippen LogP contribution in [-0.4, -0.2) is 26.7 Å². The second kappa shape index (κ2) is 7.11. The first-order chi connectivity index (χ1) is 13.8. The number of benzene rings is 2. The Balaban J connectivity index is 1.87. The van der Waals surface area contributed by atoms with E-state index >= 15 is 0 Å². The van der Waals surface area contributed by atoms with Gasteiger partial charge in [0.2, 0.25) is 0 Å². The maximum absolute atomic E-state index is 13.2. The molecule has 2 aromatic carbocycles. The number of para-hydroxylation sites is 1. The van der Waals surface area contributed by atoms with Gasteiger partial charge in [0.1, 0.15) is 34.3 Å². The van der Waals surface area contributed by atoms with Crippen molar-refractivity contribution in [2.75, 3.05) is 7.11 Å². The minimum absolute atomic E-state index is 0.0296. The van der Waals surface area contributed by atoms with Crippen LogP contribution >= 0.6 is 0 Å². The maximum atomic E-state index is 13.2. The molecule has 0 spiro atoms. The summed E-state index contributed by atoms with van der Waals surface area (Å²) in [7, 11) is -2.15. The zero-order valence-corrected chi connectivity index (χ0v) is 16.9. The van der Waals surface area contributed by atoms with E-state index in [-0.39, 0.29) is 34.0 Å². The van der Waals surface area contributed by atoms with Crippen molar-refractivity contribution in [3.05, 3.63) is 53.3 Å². The fraction of sp³-hybridized carbons (Fsp3) is 0.286. The number of rotatable bonds is 7. The van der Waals surface area contributed by atoms with E-state index in [0.717, 1.165) is 5.56 Å². The first-order valence-corrected chi connectivity index (χ1v) is 10.7. The molecule has 0 bridgehead atoms. The summed E-state index contributed by atoms with van der Waals surface area (Å²) in [4.78, 5) is 12.0. The summed E-state index contributed by atoms with van der Waals surface area (Å²) in [6.45, 7) is 1.69. The van der Waals surface area contributed by atoms with Crippen LogP contribution in [0.2, 0.25) is 0 Å².